The minimum absolute atomic E-state index is 0.00658. The Morgan fingerprint density at radius 3 is 3.04 bits per heavy atom. The van der Waals surface area contributed by atoms with Gasteiger partial charge >= 0.3 is 0 Å². The van der Waals surface area contributed by atoms with Crippen molar-refractivity contribution in [2.24, 2.45) is 0 Å². The fourth-order valence-corrected chi connectivity index (χ4v) is 2.50. The summed E-state index contributed by atoms with van der Waals surface area (Å²) in [4.78, 5) is 18.4. The smallest absolute Gasteiger partial charge is 0.258 e. The van der Waals surface area contributed by atoms with E-state index in [-0.39, 0.29) is 12.0 Å². The van der Waals surface area contributed by atoms with Gasteiger partial charge in [0.2, 0.25) is 5.88 Å². The van der Waals surface area contributed by atoms with E-state index in [0.717, 1.165) is 17.7 Å². The molecule has 1 aliphatic heterocycles. The third kappa shape index (κ3) is 3.55. The Balaban J connectivity index is 1.77. The second-order valence-corrected chi connectivity index (χ2v) is 5.55. The van der Waals surface area contributed by atoms with Crippen molar-refractivity contribution in [2.75, 3.05) is 25.2 Å². The summed E-state index contributed by atoms with van der Waals surface area (Å²) in [5.74, 6) is 2.85. The highest BCUT2D eigenvalue weighted by Crippen LogP contribution is 2.20. The lowest BCUT2D eigenvalue weighted by Gasteiger charge is -2.18. The van der Waals surface area contributed by atoms with E-state index in [1.165, 1.54) is 0 Å². The molecule has 5 heteroatoms. The standard InChI is InChI=1S/C19H18N2O3/c1-3-14-5-4-6-16(11-14)21(2)19(22)15-7-9-20-18(12-15)24-17-8-10-23-13-17/h1,4-7,9,11-12,17H,8,10,13H2,2H3/t17-/m0/s1. The molecular weight excluding hydrogens is 304 g/mol. The van der Waals surface area contributed by atoms with Gasteiger partial charge in [-0.05, 0) is 24.3 Å². The maximum atomic E-state index is 12.7. The van der Waals surface area contributed by atoms with Gasteiger partial charge in [-0.3, -0.25) is 4.79 Å². The van der Waals surface area contributed by atoms with Crippen molar-refractivity contribution in [2.45, 2.75) is 12.5 Å². The molecule has 0 bridgehead atoms. The molecule has 1 atom stereocenters. The third-order valence-corrected chi connectivity index (χ3v) is 3.86. The van der Waals surface area contributed by atoms with Crippen LogP contribution in [-0.2, 0) is 4.74 Å². The van der Waals surface area contributed by atoms with E-state index in [2.05, 4.69) is 10.9 Å². The number of hydrogen-bond donors (Lipinski definition) is 0. The van der Waals surface area contributed by atoms with Gasteiger partial charge in [0.15, 0.2) is 0 Å². The lowest BCUT2D eigenvalue weighted by Crippen LogP contribution is -2.26. The Labute approximate surface area is 141 Å². The van der Waals surface area contributed by atoms with Gasteiger partial charge in [0.1, 0.15) is 6.10 Å². The van der Waals surface area contributed by atoms with Crippen LogP contribution in [0.2, 0.25) is 0 Å². The summed E-state index contributed by atoms with van der Waals surface area (Å²) in [6, 6.07) is 10.6. The second kappa shape index (κ2) is 7.16. The monoisotopic (exact) mass is 322 g/mol. The molecule has 0 unspecified atom stereocenters. The average Bonchev–Trinajstić information content (AvgIpc) is 3.13. The number of terminal acetylenes is 1. The van der Waals surface area contributed by atoms with Gasteiger partial charge in [0.05, 0.1) is 13.2 Å². The number of ether oxygens (including phenoxy) is 2. The molecule has 1 amide bonds. The van der Waals surface area contributed by atoms with Crippen LogP contribution in [-0.4, -0.2) is 37.3 Å². The molecule has 3 rings (SSSR count). The van der Waals surface area contributed by atoms with Crippen LogP contribution >= 0.6 is 0 Å². The van der Waals surface area contributed by atoms with Gasteiger partial charge < -0.3 is 14.4 Å². The minimum Gasteiger partial charge on any atom is -0.472 e. The predicted octanol–water partition coefficient (Wildman–Crippen LogP) is 2.51. The summed E-state index contributed by atoms with van der Waals surface area (Å²) in [7, 11) is 1.71. The lowest BCUT2D eigenvalue weighted by atomic mass is 10.1. The predicted molar refractivity (Wildman–Crippen MR) is 91.2 cm³/mol. The summed E-state index contributed by atoms with van der Waals surface area (Å²) in [6.45, 7) is 1.25. The molecule has 24 heavy (non-hydrogen) atoms. The molecule has 122 valence electrons. The molecule has 0 aliphatic carbocycles. The van der Waals surface area contributed by atoms with Gasteiger partial charge in [0, 0.05) is 42.5 Å². The van der Waals surface area contributed by atoms with E-state index in [9.17, 15) is 4.79 Å². The van der Waals surface area contributed by atoms with Crippen LogP contribution in [0.15, 0.2) is 42.6 Å². The molecule has 2 heterocycles. The maximum absolute atomic E-state index is 12.7. The van der Waals surface area contributed by atoms with Crippen molar-refractivity contribution in [1.82, 2.24) is 4.98 Å². The highest BCUT2D eigenvalue weighted by molar-refractivity contribution is 6.05. The quantitative estimate of drug-likeness (QED) is 0.812. The van der Waals surface area contributed by atoms with Gasteiger partial charge in [-0.15, -0.1) is 6.42 Å². The Morgan fingerprint density at radius 2 is 2.29 bits per heavy atom. The Morgan fingerprint density at radius 1 is 1.42 bits per heavy atom. The Bertz CT molecular complexity index is 776. The normalized spacial score (nSPS) is 16.4. The molecule has 0 spiro atoms. The third-order valence-electron chi connectivity index (χ3n) is 3.86. The number of rotatable bonds is 4. The minimum atomic E-state index is -0.154. The van der Waals surface area contributed by atoms with Crippen molar-refractivity contribution in [1.29, 1.82) is 0 Å². The molecular formula is C19H18N2O3. The number of pyridine rings is 1. The SMILES string of the molecule is C#Cc1cccc(N(C)C(=O)c2ccnc(O[C@H]3CCOC3)c2)c1. The van der Waals surface area contributed by atoms with Crippen LogP contribution in [0.3, 0.4) is 0 Å². The van der Waals surface area contributed by atoms with Crippen LogP contribution in [0.25, 0.3) is 0 Å². The van der Waals surface area contributed by atoms with E-state index in [4.69, 9.17) is 15.9 Å². The summed E-state index contributed by atoms with van der Waals surface area (Å²) in [6.07, 6.45) is 7.81. The summed E-state index contributed by atoms with van der Waals surface area (Å²) in [5.41, 5.74) is 1.97. The number of carbonyl (C=O) groups is 1. The van der Waals surface area contributed by atoms with Crippen molar-refractivity contribution < 1.29 is 14.3 Å². The zero-order valence-corrected chi connectivity index (χ0v) is 13.4. The largest absolute Gasteiger partial charge is 0.472 e. The van der Waals surface area contributed by atoms with Crippen molar-refractivity contribution in [3.05, 3.63) is 53.7 Å². The molecule has 2 aromatic rings. The van der Waals surface area contributed by atoms with Crippen molar-refractivity contribution in [3.8, 4) is 18.2 Å². The van der Waals surface area contributed by atoms with E-state index in [0.29, 0.717) is 24.7 Å². The number of amides is 1. The van der Waals surface area contributed by atoms with Crippen LogP contribution in [0.1, 0.15) is 22.3 Å². The lowest BCUT2D eigenvalue weighted by molar-refractivity contribution is 0.0991. The van der Waals surface area contributed by atoms with Crippen LogP contribution in [0.5, 0.6) is 5.88 Å². The van der Waals surface area contributed by atoms with E-state index in [1.807, 2.05) is 18.2 Å². The number of hydrogen-bond acceptors (Lipinski definition) is 4. The number of nitrogens with zero attached hydrogens (tertiary/aromatic N) is 2. The number of benzene rings is 1. The highest BCUT2D eigenvalue weighted by Gasteiger charge is 2.19. The molecule has 1 saturated heterocycles. The summed E-state index contributed by atoms with van der Waals surface area (Å²) < 4.78 is 11.0. The fraction of sp³-hybridized carbons (Fsp3) is 0.263. The number of anilines is 1. The summed E-state index contributed by atoms with van der Waals surface area (Å²) >= 11 is 0. The topological polar surface area (TPSA) is 51.7 Å². The second-order valence-electron chi connectivity index (χ2n) is 5.55. The summed E-state index contributed by atoms with van der Waals surface area (Å²) in [5, 5.41) is 0. The first kappa shape index (κ1) is 16.0. The van der Waals surface area contributed by atoms with Crippen LogP contribution in [0, 0.1) is 12.3 Å². The Kier molecular flexibility index (Phi) is 4.78. The number of carbonyl (C=O) groups excluding carboxylic acids is 1. The van der Waals surface area contributed by atoms with Crippen LogP contribution < -0.4 is 9.64 Å². The average molecular weight is 322 g/mol. The first-order valence-corrected chi connectivity index (χ1v) is 7.72. The molecule has 1 aliphatic rings. The maximum Gasteiger partial charge on any atom is 0.258 e. The molecule has 1 fully saturated rings. The molecule has 0 radical (unpaired) electrons. The molecule has 5 nitrogen and oxygen atoms in total. The molecule has 1 aromatic heterocycles. The van der Waals surface area contributed by atoms with E-state index < -0.39 is 0 Å². The van der Waals surface area contributed by atoms with Crippen molar-refractivity contribution in [3.63, 3.8) is 0 Å². The van der Waals surface area contributed by atoms with Gasteiger partial charge in [-0.1, -0.05) is 12.0 Å². The van der Waals surface area contributed by atoms with Crippen LogP contribution in [0.4, 0.5) is 5.69 Å². The first-order valence-electron chi connectivity index (χ1n) is 7.72. The van der Waals surface area contributed by atoms with Gasteiger partial charge in [-0.25, -0.2) is 4.98 Å². The molecule has 1 aromatic carbocycles. The molecule has 0 saturated carbocycles. The fourth-order valence-electron chi connectivity index (χ4n) is 2.50. The Hall–Kier alpha value is -2.84. The highest BCUT2D eigenvalue weighted by atomic mass is 16.5. The van der Waals surface area contributed by atoms with Gasteiger partial charge in [0.25, 0.3) is 5.91 Å². The number of aromatic nitrogens is 1. The van der Waals surface area contributed by atoms with Crippen molar-refractivity contribution >= 4 is 11.6 Å². The first-order chi connectivity index (χ1) is 11.7. The zero-order chi connectivity index (χ0) is 16.9. The molecule has 0 N–H and O–H groups in total. The van der Waals surface area contributed by atoms with Gasteiger partial charge in [-0.2, -0.15) is 0 Å². The zero-order valence-electron chi connectivity index (χ0n) is 13.4. The van der Waals surface area contributed by atoms with E-state index in [1.54, 1.807) is 36.3 Å². The van der Waals surface area contributed by atoms with E-state index >= 15 is 0 Å².